The molecule has 0 aromatic carbocycles. The number of sulfonamides is 1. The number of nitrogens with two attached hydrogens (primary N) is 1. The van der Waals surface area contributed by atoms with Crippen molar-refractivity contribution in [2.45, 2.75) is 51.7 Å². The fraction of sp³-hybridized carbons (Fsp3) is 0.464. The molecule has 0 spiro atoms. The van der Waals surface area contributed by atoms with Gasteiger partial charge in [0.1, 0.15) is 28.6 Å². The number of halogens is 2. The molecule has 0 bridgehead atoms. The highest BCUT2D eigenvalue weighted by atomic mass is 32.2. The van der Waals surface area contributed by atoms with Crippen molar-refractivity contribution in [1.29, 1.82) is 0 Å². The number of aryl methyl sites for hydroxylation is 1. The van der Waals surface area contributed by atoms with Crippen LogP contribution in [0.2, 0.25) is 0 Å². The maximum absolute atomic E-state index is 13.8. The number of alkyl halides is 2. The van der Waals surface area contributed by atoms with E-state index in [0.717, 1.165) is 43.3 Å². The second-order valence-electron chi connectivity index (χ2n) is 11.3. The van der Waals surface area contributed by atoms with E-state index in [9.17, 15) is 22.0 Å². The molecule has 0 radical (unpaired) electrons. The molecule has 1 amide bonds. The minimum Gasteiger partial charge on any atom is -0.374 e. The minimum atomic E-state index is -4.26. The Kier molecular flexibility index (Phi) is 7.08. The number of piperidine rings is 1. The molecule has 42 heavy (non-hydrogen) atoms. The summed E-state index contributed by atoms with van der Waals surface area (Å²) in [5.41, 5.74) is 9.83. The van der Waals surface area contributed by atoms with Crippen LogP contribution in [0.5, 0.6) is 0 Å². The zero-order chi connectivity index (χ0) is 29.9. The van der Waals surface area contributed by atoms with Crippen molar-refractivity contribution >= 4 is 44.2 Å². The molecule has 3 N–H and O–H groups in total. The lowest BCUT2D eigenvalue weighted by Crippen LogP contribution is -2.45. The van der Waals surface area contributed by atoms with Gasteiger partial charge in [0.05, 0.1) is 17.6 Å². The van der Waals surface area contributed by atoms with Crippen molar-refractivity contribution in [2.75, 3.05) is 36.0 Å². The first-order chi connectivity index (χ1) is 20.0. The zero-order valence-electron chi connectivity index (χ0n) is 23.7. The number of nitrogens with zero attached hydrogens (tertiary/aromatic N) is 6. The number of hydrogen-bond acceptors (Lipinski definition) is 7. The minimum absolute atomic E-state index is 0.0314. The summed E-state index contributed by atoms with van der Waals surface area (Å²) >= 11 is 0. The first-order valence-corrected chi connectivity index (χ1v) is 15.8. The molecule has 1 saturated carbocycles. The van der Waals surface area contributed by atoms with E-state index in [1.54, 1.807) is 24.1 Å². The second kappa shape index (κ2) is 10.5. The van der Waals surface area contributed by atoms with Crippen molar-refractivity contribution in [2.24, 2.45) is 11.7 Å². The first-order valence-electron chi connectivity index (χ1n) is 14.0. The SMILES string of the molecule is CNc1cc(C(=O)N2CCC[C@@H](N)C2)cc2nc(-c3cc4ccc(N(C(F)F)S(C)(=O)=O)nc4n3CC3CC3)c(C)n12. The van der Waals surface area contributed by atoms with Crippen molar-refractivity contribution in [3.63, 3.8) is 0 Å². The van der Waals surface area contributed by atoms with Gasteiger partial charge in [0, 0.05) is 43.7 Å². The highest BCUT2D eigenvalue weighted by Crippen LogP contribution is 2.38. The third-order valence-corrected chi connectivity index (χ3v) is 9.13. The average molecular weight is 601 g/mol. The monoisotopic (exact) mass is 600 g/mol. The second-order valence-corrected chi connectivity index (χ2v) is 13.1. The number of carbonyl (C=O) groups excluding carboxylic acids is 1. The molecule has 5 heterocycles. The Balaban J connectivity index is 1.49. The van der Waals surface area contributed by atoms with Gasteiger partial charge >= 0.3 is 6.55 Å². The number of hydrogen-bond donors (Lipinski definition) is 2. The topological polar surface area (TPSA) is 131 Å². The summed E-state index contributed by atoms with van der Waals surface area (Å²) < 4.78 is 55.8. The molecule has 6 rings (SSSR count). The molecular weight excluding hydrogens is 566 g/mol. The number of fused-ring (bicyclic) bond motifs is 2. The maximum Gasteiger partial charge on any atom is 0.329 e. The lowest BCUT2D eigenvalue weighted by molar-refractivity contribution is 0.0709. The molecule has 4 aromatic heterocycles. The third kappa shape index (κ3) is 5.06. The molecule has 2 aliphatic rings. The molecule has 14 heteroatoms. The van der Waals surface area contributed by atoms with Crippen LogP contribution in [0.25, 0.3) is 28.1 Å². The van der Waals surface area contributed by atoms with Crippen LogP contribution < -0.4 is 15.4 Å². The molecule has 1 aliphatic carbocycles. The van der Waals surface area contributed by atoms with E-state index in [1.807, 2.05) is 28.0 Å². The van der Waals surface area contributed by atoms with Crippen LogP contribution in [0, 0.1) is 12.8 Å². The summed E-state index contributed by atoms with van der Waals surface area (Å²) in [6.45, 7) is 0.421. The van der Waals surface area contributed by atoms with E-state index in [2.05, 4.69) is 10.3 Å². The van der Waals surface area contributed by atoms with Crippen molar-refractivity contribution in [3.8, 4) is 11.4 Å². The standard InChI is InChI=1S/C28H34F2N8O3S/c1-16-25(33-24-13-19(12-23(32-2)37(16)24)27(39)35-10-4-5-20(31)15-35)21-11-18-8-9-22(38(28(29)30)42(3,40)41)34-26(18)36(21)14-17-6-7-17/h8-9,11-13,17,20,28,32H,4-7,10,14-15,31H2,1-3H3/t20-/m1/s1. The largest absolute Gasteiger partial charge is 0.374 e. The van der Waals surface area contributed by atoms with E-state index < -0.39 is 16.6 Å². The van der Waals surface area contributed by atoms with E-state index in [0.29, 0.717) is 59.3 Å². The van der Waals surface area contributed by atoms with Crippen LogP contribution in [-0.4, -0.2) is 77.1 Å². The highest BCUT2D eigenvalue weighted by molar-refractivity contribution is 7.92. The van der Waals surface area contributed by atoms with Crippen molar-refractivity contribution in [1.82, 2.24) is 23.8 Å². The van der Waals surface area contributed by atoms with Gasteiger partial charge in [-0.15, -0.1) is 0 Å². The summed E-state index contributed by atoms with van der Waals surface area (Å²) in [5, 5.41) is 3.87. The van der Waals surface area contributed by atoms with Crippen LogP contribution in [0.3, 0.4) is 0 Å². The van der Waals surface area contributed by atoms with Crippen LogP contribution in [0.4, 0.5) is 20.4 Å². The van der Waals surface area contributed by atoms with Gasteiger partial charge in [-0.1, -0.05) is 0 Å². The Morgan fingerprint density at radius 3 is 2.60 bits per heavy atom. The number of aromatic nitrogens is 4. The van der Waals surface area contributed by atoms with Gasteiger partial charge < -0.3 is 20.5 Å². The number of amides is 1. The summed E-state index contributed by atoms with van der Waals surface area (Å²) in [6.07, 6.45) is 4.56. The van der Waals surface area contributed by atoms with E-state index in [4.69, 9.17) is 10.7 Å². The van der Waals surface area contributed by atoms with Gasteiger partial charge in [-0.3, -0.25) is 9.20 Å². The Bertz CT molecular complexity index is 1800. The number of carbonyl (C=O) groups is 1. The number of anilines is 2. The number of nitrogens with one attached hydrogen (secondary N) is 1. The van der Waals surface area contributed by atoms with Crippen LogP contribution in [0.15, 0.2) is 30.3 Å². The van der Waals surface area contributed by atoms with E-state index in [-0.39, 0.29) is 22.1 Å². The Labute approximate surface area is 242 Å². The van der Waals surface area contributed by atoms with E-state index in [1.165, 1.54) is 6.07 Å². The zero-order valence-corrected chi connectivity index (χ0v) is 24.5. The van der Waals surface area contributed by atoms with Crippen LogP contribution in [0.1, 0.15) is 41.7 Å². The summed E-state index contributed by atoms with van der Waals surface area (Å²) in [4.78, 5) is 24.6. The lowest BCUT2D eigenvalue weighted by atomic mass is 10.1. The Hall–Kier alpha value is -3.78. The molecule has 1 saturated heterocycles. The number of rotatable bonds is 8. The fourth-order valence-corrected chi connectivity index (χ4v) is 6.57. The van der Waals surface area contributed by atoms with Crippen molar-refractivity contribution < 1.29 is 22.0 Å². The summed E-state index contributed by atoms with van der Waals surface area (Å²) in [7, 11) is -2.48. The number of imidazole rings is 1. The molecular formula is C28H34F2N8O3S. The average Bonchev–Trinajstić information content (AvgIpc) is 3.61. The lowest BCUT2D eigenvalue weighted by Gasteiger charge is -2.31. The predicted molar refractivity (Wildman–Crippen MR) is 157 cm³/mol. The smallest absolute Gasteiger partial charge is 0.329 e. The fourth-order valence-electron chi connectivity index (χ4n) is 5.84. The first kappa shape index (κ1) is 28.3. The van der Waals surface area contributed by atoms with Gasteiger partial charge in [0.2, 0.25) is 10.0 Å². The molecule has 11 nitrogen and oxygen atoms in total. The molecule has 1 atom stereocenters. The Morgan fingerprint density at radius 1 is 1.19 bits per heavy atom. The quantitative estimate of drug-likeness (QED) is 0.295. The summed E-state index contributed by atoms with van der Waals surface area (Å²) in [5.74, 6) is 0.655. The predicted octanol–water partition coefficient (Wildman–Crippen LogP) is 3.66. The van der Waals surface area contributed by atoms with Gasteiger partial charge in [0.25, 0.3) is 5.91 Å². The molecule has 1 aliphatic heterocycles. The molecule has 224 valence electrons. The van der Waals surface area contributed by atoms with Crippen LogP contribution >= 0.6 is 0 Å². The van der Waals surface area contributed by atoms with Gasteiger partial charge in [-0.05, 0) is 68.9 Å². The van der Waals surface area contributed by atoms with Crippen LogP contribution in [-0.2, 0) is 16.6 Å². The van der Waals surface area contributed by atoms with Gasteiger partial charge in [-0.25, -0.2) is 18.4 Å². The van der Waals surface area contributed by atoms with E-state index >= 15 is 0 Å². The normalized spacial score (nSPS) is 17.9. The molecule has 0 unspecified atom stereocenters. The highest BCUT2D eigenvalue weighted by Gasteiger charge is 2.31. The van der Waals surface area contributed by atoms with Crippen molar-refractivity contribution in [3.05, 3.63) is 41.6 Å². The van der Waals surface area contributed by atoms with Gasteiger partial charge in [-0.2, -0.15) is 13.1 Å². The number of likely N-dealkylation sites (tertiary alicyclic amines) is 1. The Morgan fingerprint density at radius 2 is 1.95 bits per heavy atom. The maximum atomic E-state index is 13.8. The molecule has 4 aromatic rings. The summed E-state index contributed by atoms with van der Waals surface area (Å²) in [6, 6.07) is 8.35. The van der Waals surface area contributed by atoms with Gasteiger partial charge in [0.15, 0.2) is 0 Å². The number of pyridine rings is 2. The third-order valence-electron chi connectivity index (χ3n) is 8.07. The molecule has 2 fully saturated rings.